The zero-order chi connectivity index (χ0) is 14.5. The summed E-state index contributed by atoms with van der Waals surface area (Å²) in [4.78, 5) is 5.82. The van der Waals surface area contributed by atoms with E-state index in [2.05, 4.69) is 37.9 Å². The van der Waals surface area contributed by atoms with Crippen molar-refractivity contribution in [1.82, 2.24) is 4.98 Å². The Hall–Kier alpha value is -1.39. The minimum absolute atomic E-state index is 0.405. The molecule has 0 amide bonds. The highest BCUT2D eigenvalue weighted by Gasteiger charge is 2.13. The summed E-state index contributed by atoms with van der Waals surface area (Å²) < 4.78 is 5.83. The molecule has 2 aromatic rings. The first kappa shape index (κ1) is 15.0. The Kier molecular flexibility index (Phi) is 5.15. The third-order valence-corrected chi connectivity index (χ3v) is 4.24. The summed E-state index contributed by atoms with van der Waals surface area (Å²) >= 11 is 1.66. The van der Waals surface area contributed by atoms with Gasteiger partial charge in [-0.05, 0) is 30.0 Å². The quantitative estimate of drug-likeness (QED) is 0.878. The summed E-state index contributed by atoms with van der Waals surface area (Å²) in [6.45, 7) is 7.49. The number of ether oxygens (including phenoxy) is 1. The highest BCUT2D eigenvalue weighted by Crippen LogP contribution is 2.25. The van der Waals surface area contributed by atoms with Crippen molar-refractivity contribution in [3.63, 3.8) is 0 Å². The molecule has 0 bridgehead atoms. The van der Waals surface area contributed by atoms with Gasteiger partial charge in [-0.25, -0.2) is 4.98 Å². The molecule has 2 rings (SSSR count). The van der Waals surface area contributed by atoms with Gasteiger partial charge in [0.1, 0.15) is 17.4 Å². The molecule has 0 atom stereocenters. The standard InChI is InChI=1S/C16H22N2OS/c1-4-12-6-5-7-13(8-12)19-10-15-18-16(11(2)3)14(9-17)20-15/h5-8,11H,4,9-10,17H2,1-3H3. The largest absolute Gasteiger partial charge is 0.486 e. The van der Waals surface area contributed by atoms with Crippen LogP contribution in [0.2, 0.25) is 0 Å². The molecular weight excluding hydrogens is 268 g/mol. The minimum Gasteiger partial charge on any atom is -0.486 e. The molecule has 20 heavy (non-hydrogen) atoms. The Bertz CT molecular complexity index is 563. The lowest BCUT2D eigenvalue weighted by molar-refractivity contribution is 0.305. The van der Waals surface area contributed by atoms with Gasteiger partial charge in [-0.1, -0.05) is 32.9 Å². The Labute approximate surface area is 124 Å². The number of thiazole rings is 1. The van der Waals surface area contributed by atoms with E-state index in [1.165, 1.54) is 10.4 Å². The van der Waals surface area contributed by atoms with E-state index in [4.69, 9.17) is 10.5 Å². The Morgan fingerprint density at radius 3 is 2.75 bits per heavy atom. The predicted molar refractivity (Wildman–Crippen MR) is 84.2 cm³/mol. The summed E-state index contributed by atoms with van der Waals surface area (Å²) in [6.07, 6.45) is 1.02. The van der Waals surface area contributed by atoms with Crippen molar-refractivity contribution >= 4 is 11.3 Å². The molecule has 0 unspecified atom stereocenters. The summed E-state index contributed by atoms with van der Waals surface area (Å²) in [5, 5.41) is 0.996. The van der Waals surface area contributed by atoms with Crippen LogP contribution >= 0.6 is 11.3 Å². The third-order valence-electron chi connectivity index (χ3n) is 3.17. The van der Waals surface area contributed by atoms with Gasteiger partial charge in [0, 0.05) is 11.4 Å². The lowest BCUT2D eigenvalue weighted by Crippen LogP contribution is -2.00. The van der Waals surface area contributed by atoms with Crippen molar-refractivity contribution in [3.05, 3.63) is 45.4 Å². The zero-order valence-electron chi connectivity index (χ0n) is 12.3. The normalized spacial score (nSPS) is 11.1. The van der Waals surface area contributed by atoms with Crippen molar-refractivity contribution < 1.29 is 4.74 Å². The van der Waals surface area contributed by atoms with Crippen molar-refractivity contribution in [2.24, 2.45) is 5.73 Å². The number of hydrogen-bond acceptors (Lipinski definition) is 4. The minimum atomic E-state index is 0.405. The molecular formula is C16H22N2OS. The van der Waals surface area contributed by atoms with Crippen molar-refractivity contribution in [2.75, 3.05) is 0 Å². The first-order chi connectivity index (χ1) is 9.63. The van der Waals surface area contributed by atoms with Crippen LogP contribution in [0.15, 0.2) is 24.3 Å². The highest BCUT2D eigenvalue weighted by molar-refractivity contribution is 7.11. The Balaban J connectivity index is 2.06. The van der Waals surface area contributed by atoms with E-state index in [9.17, 15) is 0 Å². The molecule has 0 radical (unpaired) electrons. The monoisotopic (exact) mass is 290 g/mol. The van der Waals surface area contributed by atoms with Crippen molar-refractivity contribution in [2.45, 2.75) is 46.3 Å². The average Bonchev–Trinajstić information content (AvgIpc) is 2.89. The summed E-state index contributed by atoms with van der Waals surface area (Å²) in [6, 6.07) is 8.21. The molecule has 0 saturated carbocycles. The topological polar surface area (TPSA) is 48.1 Å². The number of rotatable bonds is 6. The molecule has 0 aliphatic rings. The number of aryl methyl sites for hydroxylation is 1. The summed E-state index contributed by atoms with van der Waals surface area (Å²) in [5.41, 5.74) is 8.17. The van der Waals surface area contributed by atoms with Gasteiger partial charge < -0.3 is 10.5 Å². The third kappa shape index (κ3) is 3.58. The van der Waals surface area contributed by atoms with E-state index in [0.717, 1.165) is 22.9 Å². The SMILES string of the molecule is CCc1cccc(OCc2nc(C(C)C)c(CN)s2)c1. The maximum Gasteiger partial charge on any atom is 0.140 e. The molecule has 1 aromatic heterocycles. The van der Waals surface area contributed by atoms with Crippen LogP contribution in [-0.2, 0) is 19.6 Å². The van der Waals surface area contributed by atoms with Gasteiger partial charge in [-0.2, -0.15) is 0 Å². The van der Waals surface area contributed by atoms with Crippen LogP contribution in [-0.4, -0.2) is 4.98 Å². The van der Waals surface area contributed by atoms with Gasteiger partial charge >= 0.3 is 0 Å². The van der Waals surface area contributed by atoms with Gasteiger partial charge in [0.25, 0.3) is 0 Å². The first-order valence-corrected chi connectivity index (χ1v) is 7.86. The predicted octanol–water partition coefficient (Wildman–Crippen LogP) is 3.87. The molecule has 108 valence electrons. The number of aromatic nitrogens is 1. The van der Waals surface area contributed by atoms with Crippen LogP contribution in [0.5, 0.6) is 5.75 Å². The fourth-order valence-corrected chi connectivity index (χ4v) is 3.09. The van der Waals surface area contributed by atoms with Crippen LogP contribution in [0.25, 0.3) is 0 Å². The second-order valence-corrected chi connectivity index (χ2v) is 6.23. The maximum absolute atomic E-state index is 5.83. The first-order valence-electron chi connectivity index (χ1n) is 7.04. The summed E-state index contributed by atoms with van der Waals surface area (Å²) in [7, 11) is 0. The van der Waals surface area contributed by atoms with Crippen LogP contribution in [0.4, 0.5) is 0 Å². The molecule has 0 aliphatic carbocycles. The molecule has 3 nitrogen and oxygen atoms in total. The van der Waals surface area contributed by atoms with Crippen molar-refractivity contribution in [1.29, 1.82) is 0 Å². The van der Waals surface area contributed by atoms with Crippen LogP contribution < -0.4 is 10.5 Å². The molecule has 0 spiro atoms. The van der Waals surface area contributed by atoms with Gasteiger partial charge in [-0.15, -0.1) is 11.3 Å². The van der Waals surface area contributed by atoms with Gasteiger partial charge in [0.2, 0.25) is 0 Å². The van der Waals surface area contributed by atoms with E-state index >= 15 is 0 Å². The van der Waals surface area contributed by atoms with Gasteiger partial charge in [0.05, 0.1) is 5.69 Å². The highest BCUT2D eigenvalue weighted by atomic mass is 32.1. The average molecular weight is 290 g/mol. The van der Waals surface area contributed by atoms with Crippen LogP contribution in [0.1, 0.15) is 47.8 Å². The number of nitrogens with two attached hydrogens (primary N) is 1. The van der Waals surface area contributed by atoms with Crippen molar-refractivity contribution in [3.8, 4) is 5.75 Å². The van der Waals surface area contributed by atoms with E-state index in [-0.39, 0.29) is 0 Å². The fourth-order valence-electron chi connectivity index (χ4n) is 2.07. The Morgan fingerprint density at radius 1 is 1.35 bits per heavy atom. The zero-order valence-corrected chi connectivity index (χ0v) is 13.2. The molecule has 1 heterocycles. The van der Waals surface area contributed by atoms with E-state index in [0.29, 0.717) is 19.1 Å². The van der Waals surface area contributed by atoms with E-state index < -0.39 is 0 Å². The fraction of sp³-hybridized carbons (Fsp3) is 0.438. The van der Waals surface area contributed by atoms with Gasteiger partial charge in [0.15, 0.2) is 0 Å². The number of hydrogen-bond donors (Lipinski definition) is 1. The second kappa shape index (κ2) is 6.86. The van der Waals surface area contributed by atoms with Crippen LogP contribution in [0.3, 0.4) is 0 Å². The molecule has 4 heteroatoms. The number of nitrogens with zero attached hydrogens (tertiary/aromatic N) is 1. The summed E-state index contributed by atoms with van der Waals surface area (Å²) in [5.74, 6) is 1.31. The van der Waals surface area contributed by atoms with Gasteiger partial charge in [-0.3, -0.25) is 0 Å². The lowest BCUT2D eigenvalue weighted by Gasteiger charge is -2.05. The maximum atomic E-state index is 5.83. The molecule has 0 aliphatic heterocycles. The smallest absolute Gasteiger partial charge is 0.140 e. The number of benzene rings is 1. The molecule has 1 aromatic carbocycles. The van der Waals surface area contributed by atoms with E-state index in [1.807, 2.05) is 12.1 Å². The second-order valence-electron chi connectivity index (χ2n) is 5.06. The molecule has 0 saturated heterocycles. The molecule has 2 N–H and O–H groups in total. The van der Waals surface area contributed by atoms with E-state index in [1.54, 1.807) is 11.3 Å². The molecule has 0 fully saturated rings. The van der Waals surface area contributed by atoms with Crippen LogP contribution in [0, 0.1) is 0 Å². The lowest BCUT2D eigenvalue weighted by atomic mass is 10.1. The Morgan fingerprint density at radius 2 is 2.15 bits per heavy atom.